The summed E-state index contributed by atoms with van der Waals surface area (Å²) >= 11 is 0. The van der Waals surface area contributed by atoms with E-state index in [0.717, 1.165) is 32.1 Å². The molecule has 2 saturated heterocycles. The lowest BCUT2D eigenvalue weighted by atomic mass is 9.71. The van der Waals surface area contributed by atoms with Crippen molar-refractivity contribution in [1.82, 2.24) is 10.2 Å². The summed E-state index contributed by atoms with van der Waals surface area (Å²) in [5, 5.41) is 2.90. The fraction of sp³-hybridized carbons (Fsp3) is 0.882. The third-order valence-electron chi connectivity index (χ3n) is 6.08. The van der Waals surface area contributed by atoms with E-state index in [4.69, 9.17) is 0 Å². The van der Waals surface area contributed by atoms with E-state index in [1.165, 1.54) is 0 Å². The van der Waals surface area contributed by atoms with Crippen LogP contribution in [0, 0.1) is 11.3 Å². The molecule has 130 valence electrons. The van der Waals surface area contributed by atoms with E-state index in [1.54, 1.807) is 0 Å². The van der Waals surface area contributed by atoms with Crippen molar-refractivity contribution in [2.75, 3.05) is 25.4 Å². The maximum absolute atomic E-state index is 13.4. The summed E-state index contributed by atoms with van der Waals surface area (Å²) < 4.78 is 12.1. The van der Waals surface area contributed by atoms with Gasteiger partial charge in [0.05, 0.1) is 0 Å². The number of amides is 2. The lowest BCUT2D eigenvalue weighted by molar-refractivity contribution is -0.152. The van der Waals surface area contributed by atoms with Crippen LogP contribution in [-0.4, -0.2) is 51.1 Å². The fourth-order valence-corrected chi connectivity index (χ4v) is 5.67. The largest absolute Gasteiger partial charge is 0.355 e. The highest BCUT2D eigenvalue weighted by Crippen LogP contribution is 2.46. The predicted molar refractivity (Wildman–Crippen MR) is 90.3 cm³/mol. The second-order valence-corrected chi connectivity index (χ2v) is 10.0. The van der Waals surface area contributed by atoms with Crippen molar-refractivity contribution in [3.63, 3.8) is 0 Å². The van der Waals surface area contributed by atoms with Crippen molar-refractivity contribution in [2.24, 2.45) is 11.3 Å². The molecular formula is C17H28N2O3S. The van der Waals surface area contributed by atoms with Gasteiger partial charge in [0, 0.05) is 40.9 Å². The Labute approximate surface area is 141 Å². The number of nitrogens with zero attached hydrogens (tertiary/aromatic N) is 1. The number of carbonyl (C=O) groups is 2. The Morgan fingerprint density at radius 3 is 2.52 bits per heavy atom. The van der Waals surface area contributed by atoms with Crippen LogP contribution in [0.2, 0.25) is 0 Å². The quantitative estimate of drug-likeness (QED) is 0.774. The van der Waals surface area contributed by atoms with E-state index in [1.807, 2.05) is 18.7 Å². The van der Waals surface area contributed by atoms with Gasteiger partial charge >= 0.3 is 0 Å². The summed E-state index contributed by atoms with van der Waals surface area (Å²) in [5.41, 5.74) is -0.855. The Bertz CT molecular complexity index is 528. The van der Waals surface area contributed by atoms with Gasteiger partial charge in [-0.15, -0.1) is 0 Å². The number of hydrogen-bond donors (Lipinski definition) is 1. The third-order valence-corrected chi connectivity index (χ3v) is 8.07. The van der Waals surface area contributed by atoms with Crippen LogP contribution in [0.3, 0.4) is 0 Å². The summed E-state index contributed by atoms with van der Waals surface area (Å²) in [7, 11) is -0.925. The average Bonchev–Trinajstić information content (AvgIpc) is 3.13. The highest BCUT2D eigenvalue weighted by Gasteiger charge is 2.56. The zero-order valence-electron chi connectivity index (χ0n) is 14.2. The van der Waals surface area contributed by atoms with E-state index in [-0.39, 0.29) is 22.5 Å². The van der Waals surface area contributed by atoms with Crippen LogP contribution in [0.25, 0.3) is 0 Å². The van der Waals surface area contributed by atoms with Gasteiger partial charge in [0.2, 0.25) is 11.8 Å². The molecule has 5 nitrogen and oxygen atoms in total. The van der Waals surface area contributed by atoms with Gasteiger partial charge in [0.15, 0.2) is 0 Å². The van der Waals surface area contributed by atoms with E-state index in [9.17, 15) is 13.8 Å². The number of rotatable bonds is 2. The van der Waals surface area contributed by atoms with Gasteiger partial charge in [-0.1, -0.05) is 12.8 Å². The molecule has 3 fully saturated rings. The van der Waals surface area contributed by atoms with Gasteiger partial charge in [0.1, 0.15) is 5.41 Å². The van der Waals surface area contributed by atoms with Crippen LogP contribution in [0.1, 0.15) is 52.4 Å². The Morgan fingerprint density at radius 1 is 1.22 bits per heavy atom. The van der Waals surface area contributed by atoms with Gasteiger partial charge < -0.3 is 10.2 Å². The first-order valence-corrected chi connectivity index (χ1v) is 10.2. The Kier molecular flexibility index (Phi) is 4.55. The molecular weight excluding hydrogens is 312 g/mol. The molecule has 2 heterocycles. The SMILES string of the molecule is CC1(C)CCN(C(=O)C2(C3CCCC3)CCNC2=O)CCS1=O. The molecule has 2 aliphatic heterocycles. The lowest BCUT2D eigenvalue weighted by Gasteiger charge is -2.36. The molecule has 1 aliphatic carbocycles. The molecule has 0 aromatic carbocycles. The smallest absolute Gasteiger partial charge is 0.238 e. The topological polar surface area (TPSA) is 66.5 Å². The molecule has 0 aromatic heterocycles. The number of hydrogen-bond acceptors (Lipinski definition) is 3. The average molecular weight is 340 g/mol. The Balaban J connectivity index is 1.84. The van der Waals surface area contributed by atoms with Crippen molar-refractivity contribution in [3.05, 3.63) is 0 Å². The second kappa shape index (κ2) is 6.19. The van der Waals surface area contributed by atoms with E-state index < -0.39 is 16.2 Å². The maximum Gasteiger partial charge on any atom is 0.238 e. The molecule has 2 atom stereocenters. The van der Waals surface area contributed by atoms with E-state index in [0.29, 0.717) is 31.8 Å². The van der Waals surface area contributed by atoms with Crippen molar-refractivity contribution in [1.29, 1.82) is 0 Å². The summed E-state index contributed by atoms with van der Waals surface area (Å²) in [6.45, 7) is 5.74. The summed E-state index contributed by atoms with van der Waals surface area (Å²) in [6.07, 6.45) is 5.54. The predicted octanol–water partition coefficient (Wildman–Crippen LogP) is 1.44. The minimum atomic E-state index is -0.925. The summed E-state index contributed by atoms with van der Waals surface area (Å²) in [6, 6.07) is 0. The molecule has 3 rings (SSSR count). The van der Waals surface area contributed by atoms with Crippen LogP contribution in [0.5, 0.6) is 0 Å². The molecule has 0 radical (unpaired) electrons. The van der Waals surface area contributed by atoms with Gasteiger partial charge in [-0.3, -0.25) is 13.8 Å². The Morgan fingerprint density at radius 2 is 1.91 bits per heavy atom. The van der Waals surface area contributed by atoms with Crippen molar-refractivity contribution < 1.29 is 13.8 Å². The standard InChI is InChI=1S/C17H28N2O3S/c1-16(2)8-10-19(11-12-23(16)22)15(21)17(7-9-18-14(17)20)13-5-3-4-6-13/h13H,3-12H2,1-2H3,(H,18,20). The van der Waals surface area contributed by atoms with Crippen LogP contribution < -0.4 is 5.32 Å². The van der Waals surface area contributed by atoms with Crippen LogP contribution in [-0.2, 0) is 20.4 Å². The van der Waals surface area contributed by atoms with Crippen molar-refractivity contribution in [2.45, 2.75) is 57.1 Å². The molecule has 0 spiro atoms. The minimum absolute atomic E-state index is 0.00546. The van der Waals surface area contributed by atoms with Crippen LogP contribution in [0.4, 0.5) is 0 Å². The highest BCUT2D eigenvalue weighted by molar-refractivity contribution is 7.86. The second-order valence-electron chi connectivity index (χ2n) is 7.81. The molecule has 3 aliphatic rings. The number of carbonyl (C=O) groups excluding carboxylic acids is 2. The molecule has 0 bridgehead atoms. The van der Waals surface area contributed by atoms with Gasteiger partial charge in [-0.2, -0.15) is 0 Å². The summed E-state index contributed by atoms with van der Waals surface area (Å²) in [5.74, 6) is 0.619. The maximum atomic E-state index is 13.4. The molecule has 2 amide bonds. The fourth-order valence-electron chi connectivity index (χ4n) is 4.42. The molecule has 2 unspecified atom stereocenters. The monoisotopic (exact) mass is 340 g/mol. The first-order chi connectivity index (χ1) is 10.9. The third kappa shape index (κ3) is 2.83. The molecule has 23 heavy (non-hydrogen) atoms. The first-order valence-electron chi connectivity index (χ1n) is 8.84. The van der Waals surface area contributed by atoms with Crippen molar-refractivity contribution >= 4 is 22.6 Å². The molecule has 0 aromatic rings. The Hall–Kier alpha value is -0.910. The van der Waals surface area contributed by atoms with Crippen LogP contribution in [0.15, 0.2) is 0 Å². The minimum Gasteiger partial charge on any atom is -0.355 e. The van der Waals surface area contributed by atoms with Crippen LogP contribution >= 0.6 is 0 Å². The zero-order valence-corrected chi connectivity index (χ0v) is 15.0. The summed E-state index contributed by atoms with van der Waals surface area (Å²) in [4.78, 5) is 27.8. The normalized spacial score (nSPS) is 35.1. The molecule has 1 saturated carbocycles. The first kappa shape index (κ1) is 16.9. The van der Waals surface area contributed by atoms with Crippen molar-refractivity contribution in [3.8, 4) is 0 Å². The van der Waals surface area contributed by atoms with E-state index >= 15 is 0 Å². The van der Waals surface area contributed by atoms with E-state index in [2.05, 4.69) is 5.32 Å². The van der Waals surface area contributed by atoms with Gasteiger partial charge in [-0.05, 0) is 45.4 Å². The highest BCUT2D eigenvalue weighted by atomic mass is 32.2. The molecule has 6 heteroatoms. The number of nitrogens with one attached hydrogen (secondary N) is 1. The zero-order chi connectivity index (χ0) is 16.7. The lowest BCUT2D eigenvalue weighted by Crippen LogP contribution is -2.52. The molecule has 1 N–H and O–H groups in total. The van der Waals surface area contributed by atoms with Gasteiger partial charge in [-0.25, -0.2) is 0 Å². The van der Waals surface area contributed by atoms with Gasteiger partial charge in [0.25, 0.3) is 0 Å².